The number of halogens is 2. The van der Waals surface area contributed by atoms with Gasteiger partial charge in [0.2, 0.25) is 0 Å². The zero-order valence-electron chi connectivity index (χ0n) is 10.8. The van der Waals surface area contributed by atoms with E-state index < -0.39 is 11.6 Å². The Bertz CT molecular complexity index is 768. The minimum atomic E-state index is -0.689. The molecule has 0 spiro atoms. The molecule has 0 fully saturated rings. The third kappa shape index (κ3) is 2.01. The van der Waals surface area contributed by atoms with E-state index in [4.69, 9.17) is 4.74 Å². The first kappa shape index (κ1) is 12.6. The van der Waals surface area contributed by atoms with E-state index in [2.05, 4.69) is 10.2 Å². The van der Waals surface area contributed by atoms with Crippen molar-refractivity contribution >= 4 is 10.9 Å². The second-order valence-electron chi connectivity index (χ2n) is 4.34. The van der Waals surface area contributed by atoms with Gasteiger partial charge in [-0.25, -0.2) is 8.78 Å². The zero-order chi connectivity index (χ0) is 14.1. The van der Waals surface area contributed by atoms with Gasteiger partial charge >= 0.3 is 0 Å². The second-order valence-corrected chi connectivity index (χ2v) is 4.34. The van der Waals surface area contributed by atoms with E-state index in [1.807, 2.05) is 0 Å². The molecule has 0 radical (unpaired) electrons. The maximum Gasteiger partial charge on any atom is 0.175 e. The highest BCUT2D eigenvalue weighted by atomic mass is 19.1. The molecule has 0 aliphatic heterocycles. The van der Waals surface area contributed by atoms with Gasteiger partial charge in [0.15, 0.2) is 11.6 Å². The average molecular weight is 274 g/mol. The molecule has 1 N–H and O–H groups in total. The summed E-state index contributed by atoms with van der Waals surface area (Å²) in [6, 6.07) is 7.60. The number of ether oxygens (including phenoxy) is 1. The SMILES string of the molecule is CCOc1ccc(F)c(-c2ccc3cn[nH]c3c2)c1F. The molecular weight excluding hydrogens is 262 g/mol. The van der Waals surface area contributed by atoms with Crippen molar-refractivity contribution in [3.05, 3.63) is 48.2 Å². The molecule has 3 nitrogen and oxygen atoms in total. The van der Waals surface area contributed by atoms with Crippen LogP contribution in [0.2, 0.25) is 0 Å². The van der Waals surface area contributed by atoms with Gasteiger partial charge in [0.05, 0.1) is 23.9 Å². The van der Waals surface area contributed by atoms with Gasteiger partial charge in [-0.1, -0.05) is 12.1 Å². The molecule has 0 aliphatic carbocycles. The largest absolute Gasteiger partial charge is 0.491 e. The van der Waals surface area contributed by atoms with E-state index in [1.54, 1.807) is 31.3 Å². The summed E-state index contributed by atoms with van der Waals surface area (Å²) in [7, 11) is 0. The predicted octanol–water partition coefficient (Wildman–Crippen LogP) is 3.91. The number of nitrogens with one attached hydrogen (secondary N) is 1. The Balaban J connectivity index is 2.19. The van der Waals surface area contributed by atoms with Crippen molar-refractivity contribution < 1.29 is 13.5 Å². The summed E-state index contributed by atoms with van der Waals surface area (Å²) in [5.74, 6) is -1.26. The van der Waals surface area contributed by atoms with Crippen LogP contribution in [0.25, 0.3) is 22.0 Å². The number of fused-ring (bicyclic) bond motifs is 1. The lowest BCUT2D eigenvalue weighted by Gasteiger charge is -2.10. The number of benzene rings is 2. The molecule has 3 aromatic rings. The van der Waals surface area contributed by atoms with Crippen molar-refractivity contribution in [1.29, 1.82) is 0 Å². The number of H-pyrrole nitrogens is 1. The summed E-state index contributed by atoms with van der Waals surface area (Å²) in [6.07, 6.45) is 1.66. The molecule has 5 heteroatoms. The van der Waals surface area contributed by atoms with Crippen LogP contribution in [0, 0.1) is 11.6 Å². The molecule has 1 heterocycles. The molecule has 20 heavy (non-hydrogen) atoms. The minimum Gasteiger partial charge on any atom is -0.491 e. The molecule has 0 saturated heterocycles. The molecular formula is C15H12F2N2O. The van der Waals surface area contributed by atoms with Gasteiger partial charge in [0, 0.05) is 5.39 Å². The number of aromatic nitrogens is 2. The molecule has 102 valence electrons. The van der Waals surface area contributed by atoms with E-state index in [9.17, 15) is 8.78 Å². The maximum atomic E-state index is 14.3. The molecule has 2 aromatic carbocycles. The molecule has 0 amide bonds. The Morgan fingerprint density at radius 1 is 1.20 bits per heavy atom. The van der Waals surface area contributed by atoms with E-state index in [-0.39, 0.29) is 11.3 Å². The Morgan fingerprint density at radius 2 is 2.05 bits per heavy atom. The van der Waals surface area contributed by atoms with Gasteiger partial charge in [-0.15, -0.1) is 0 Å². The number of rotatable bonds is 3. The van der Waals surface area contributed by atoms with Crippen LogP contribution in [0.1, 0.15) is 6.92 Å². The van der Waals surface area contributed by atoms with Crippen molar-refractivity contribution in [3.8, 4) is 16.9 Å². The topological polar surface area (TPSA) is 37.9 Å². The lowest BCUT2D eigenvalue weighted by molar-refractivity contribution is 0.321. The fraction of sp³-hybridized carbons (Fsp3) is 0.133. The van der Waals surface area contributed by atoms with Crippen molar-refractivity contribution in [3.63, 3.8) is 0 Å². The summed E-state index contributed by atoms with van der Waals surface area (Å²) in [4.78, 5) is 0. The van der Waals surface area contributed by atoms with Crippen LogP contribution < -0.4 is 4.74 Å². The van der Waals surface area contributed by atoms with E-state index in [0.29, 0.717) is 12.2 Å². The third-order valence-electron chi connectivity index (χ3n) is 3.09. The van der Waals surface area contributed by atoms with E-state index in [1.165, 1.54) is 12.1 Å². The second kappa shape index (κ2) is 4.92. The number of hydrogen-bond acceptors (Lipinski definition) is 2. The summed E-state index contributed by atoms with van der Waals surface area (Å²) < 4.78 is 33.5. The van der Waals surface area contributed by atoms with Crippen LogP contribution in [0.5, 0.6) is 5.75 Å². The van der Waals surface area contributed by atoms with Gasteiger partial charge in [-0.05, 0) is 30.7 Å². The first-order valence-electron chi connectivity index (χ1n) is 6.25. The molecule has 0 unspecified atom stereocenters. The van der Waals surface area contributed by atoms with Crippen LogP contribution in [-0.4, -0.2) is 16.8 Å². The number of nitrogens with zero attached hydrogens (tertiary/aromatic N) is 1. The van der Waals surface area contributed by atoms with Crippen molar-refractivity contribution in [2.45, 2.75) is 6.92 Å². The predicted molar refractivity (Wildman–Crippen MR) is 72.6 cm³/mol. The Kier molecular flexibility index (Phi) is 3.10. The van der Waals surface area contributed by atoms with Crippen LogP contribution in [-0.2, 0) is 0 Å². The Morgan fingerprint density at radius 3 is 2.85 bits per heavy atom. The summed E-state index contributed by atoms with van der Waals surface area (Å²) in [5.41, 5.74) is 1.08. The highest BCUT2D eigenvalue weighted by molar-refractivity contribution is 5.84. The average Bonchev–Trinajstić information content (AvgIpc) is 2.90. The standard InChI is InChI=1S/C15H12F2N2O/c1-2-20-13-6-5-11(16)14(15(13)17)9-3-4-10-8-18-19-12(10)7-9/h3-8H,2H2,1H3,(H,18,19). The smallest absolute Gasteiger partial charge is 0.175 e. The lowest BCUT2D eigenvalue weighted by Crippen LogP contribution is -1.98. The van der Waals surface area contributed by atoms with Crippen LogP contribution in [0.3, 0.4) is 0 Å². The molecule has 0 aliphatic rings. The van der Waals surface area contributed by atoms with Gasteiger partial charge < -0.3 is 4.74 Å². The van der Waals surface area contributed by atoms with Crippen LogP contribution >= 0.6 is 0 Å². The Hall–Kier alpha value is -2.43. The highest BCUT2D eigenvalue weighted by Gasteiger charge is 2.16. The van der Waals surface area contributed by atoms with Gasteiger partial charge in [0.1, 0.15) is 5.82 Å². The number of hydrogen-bond donors (Lipinski definition) is 1. The minimum absolute atomic E-state index is 0.0496. The van der Waals surface area contributed by atoms with Gasteiger partial charge in [-0.3, -0.25) is 5.10 Å². The molecule has 0 saturated carbocycles. The summed E-state index contributed by atoms with van der Waals surface area (Å²) in [5, 5.41) is 7.56. The van der Waals surface area contributed by atoms with E-state index >= 15 is 0 Å². The summed E-state index contributed by atoms with van der Waals surface area (Å²) >= 11 is 0. The zero-order valence-corrected chi connectivity index (χ0v) is 10.8. The molecule has 3 rings (SSSR count). The Labute approximate surface area is 114 Å². The summed E-state index contributed by atoms with van der Waals surface area (Å²) in [6.45, 7) is 2.07. The van der Waals surface area contributed by atoms with Crippen LogP contribution in [0.15, 0.2) is 36.5 Å². The molecule has 1 aromatic heterocycles. The fourth-order valence-corrected chi connectivity index (χ4v) is 2.16. The van der Waals surface area contributed by atoms with Crippen molar-refractivity contribution in [2.75, 3.05) is 6.61 Å². The van der Waals surface area contributed by atoms with E-state index in [0.717, 1.165) is 10.9 Å². The fourth-order valence-electron chi connectivity index (χ4n) is 2.16. The lowest BCUT2D eigenvalue weighted by atomic mass is 10.0. The van der Waals surface area contributed by atoms with Crippen LogP contribution in [0.4, 0.5) is 8.78 Å². The molecule has 0 atom stereocenters. The normalized spacial score (nSPS) is 10.9. The first-order valence-corrected chi connectivity index (χ1v) is 6.25. The third-order valence-corrected chi connectivity index (χ3v) is 3.09. The highest BCUT2D eigenvalue weighted by Crippen LogP contribution is 2.33. The number of aromatic amines is 1. The van der Waals surface area contributed by atoms with Gasteiger partial charge in [-0.2, -0.15) is 5.10 Å². The quantitative estimate of drug-likeness (QED) is 0.786. The van der Waals surface area contributed by atoms with Crippen molar-refractivity contribution in [1.82, 2.24) is 10.2 Å². The maximum absolute atomic E-state index is 14.3. The monoisotopic (exact) mass is 274 g/mol. The molecule has 0 bridgehead atoms. The first-order chi connectivity index (χ1) is 9.70. The van der Waals surface area contributed by atoms with Gasteiger partial charge in [0.25, 0.3) is 0 Å². The van der Waals surface area contributed by atoms with Crippen molar-refractivity contribution in [2.24, 2.45) is 0 Å².